The first-order valence-corrected chi connectivity index (χ1v) is 11.4. The zero-order valence-corrected chi connectivity index (χ0v) is 16.3. The molecule has 2 aromatic rings. The lowest BCUT2D eigenvalue weighted by Gasteiger charge is -2.27. The number of para-hydroxylation sites is 2. The van der Waals surface area contributed by atoms with Crippen molar-refractivity contribution in [2.24, 2.45) is 4.99 Å². The third kappa shape index (κ3) is 3.68. The van der Waals surface area contributed by atoms with E-state index in [9.17, 15) is 12.8 Å². The van der Waals surface area contributed by atoms with Gasteiger partial charge >= 0.3 is 0 Å². The maximum absolute atomic E-state index is 13.1. The maximum atomic E-state index is 13.1. The number of hydrogen-bond acceptors (Lipinski definition) is 6. The molecular formula is C19H19FN2O3S2. The molecule has 2 heterocycles. The van der Waals surface area contributed by atoms with Crippen molar-refractivity contribution in [2.75, 3.05) is 23.5 Å². The Bertz CT molecular complexity index is 977. The molecule has 142 valence electrons. The van der Waals surface area contributed by atoms with Crippen LogP contribution in [0.2, 0.25) is 0 Å². The van der Waals surface area contributed by atoms with Crippen LogP contribution in [0, 0.1) is 5.82 Å². The summed E-state index contributed by atoms with van der Waals surface area (Å²) in [5, 5.41) is 0.772. The Morgan fingerprint density at radius 2 is 1.93 bits per heavy atom. The molecule has 0 N–H and O–H groups in total. The average molecular weight is 407 g/mol. The number of methoxy groups -OCH3 is 1. The summed E-state index contributed by atoms with van der Waals surface area (Å²) in [5.74, 6) is 1.19. The van der Waals surface area contributed by atoms with Crippen LogP contribution in [0.25, 0.3) is 0 Å². The molecule has 0 unspecified atom stereocenters. The fourth-order valence-electron chi connectivity index (χ4n) is 3.47. The number of ether oxygens (including phenoxy) is 1. The van der Waals surface area contributed by atoms with Gasteiger partial charge in [0.25, 0.3) is 0 Å². The molecule has 2 atom stereocenters. The molecule has 2 aromatic carbocycles. The number of aliphatic imine (C=N–C) groups is 1. The second-order valence-corrected chi connectivity index (χ2v) is 9.68. The summed E-state index contributed by atoms with van der Waals surface area (Å²) in [7, 11) is -1.50. The molecule has 2 aliphatic rings. The summed E-state index contributed by atoms with van der Waals surface area (Å²) in [5.41, 5.74) is 1.80. The second kappa shape index (κ2) is 7.16. The summed E-state index contributed by atoms with van der Waals surface area (Å²) in [4.78, 5) is 6.70. The van der Waals surface area contributed by atoms with Crippen LogP contribution in [0.15, 0.2) is 53.5 Å². The molecule has 0 bridgehead atoms. The number of hydrogen-bond donors (Lipinski definition) is 0. The Kier molecular flexibility index (Phi) is 4.86. The van der Waals surface area contributed by atoms with Gasteiger partial charge in [0.2, 0.25) is 0 Å². The van der Waals surface area contributed by atoms with E-state index in [4.69, 9.17) is 9.73 Å². The smallest absolute Gasteiger partial charge is 0.164 e. The van der Waals surface area contributed by atoms with Crippen molar-refractivity contribution in [1.82, 2.24) is 0 Å². The highest BCUT2D eigenvalue weighted by atomic mass is 32.2. The third-order valence-corrected chi connectivity index (χ3v) is 7.47. The number of rotatable bonds is 4. The van der Waals surface area contributed by atoms with E-state index in [0.717, 1.165) is 16.4 Å². The zero-order chi connectivity index (χ0) is 19.0. The summed E-state index contributed by atoms with van der Waals surface area (Å²) in [6.07, 6.45) is 0. The zero-order valence-electron chi connectivity index (χ0n) is 14.7. The SMILES string of the molecule is COc1ccccc1N1C(SCc2ccc(F)cc2)=N[C@H]2CS(=O)(=O)C[C@H]21. The molecule has 0 aliphatic carbocycles. The van der Waals surface area contributed by atoms with E-state index < -0.39 is 9.84 Å². The van der Waals surface area contributed by atoms with Crippen molar-refractivity contribution in [3.63, 3.8) is 0 Å². The fourth-order valence-corrected chi connectivity index (χ4v) is 6.39. The number of amidine groups is 1. The minimum absolute atomic E-state index is 0.0733. The van der Waals surface area contributed by atoms with Crippen molar-refractivity contribution < 1.29 is 17.5 Å². The molecule has 0 radical (unpaired) electrons. The fraction of sp³-hybridized carbons (Fsp3) is 0.316. The van der Waals surface area contributed by atoms with Crippen molar-refractivity contribution in [1.29, 1.82) is 0 Å². The summed E-state index contributed by atoms with van der Waals surface area (Å²) in [6, 6.07) is 13.4. The van der Waals surface area contributed by atoms with Crippen molar-refractivity contribution >= 4 is 32.5 Å². The van der Waals surface area contributed by atoms with Gasteiger partial charge in [0.05, 0.1) is 36.4 Å². The van der Waals surface area contributed by atoms with Crippen LogP contribution in [0.5, 0.6) is 5.75 Å². The Labute approximate surface area is 162 Å². The highest BCUT2D eigenvalue weighted by Gasteiger charge is 2.47. The Hall–Kier alpha value is -2.06. The molecule has 0 spiro atoms. The number of halogens is 1. The summed E-state index contributed by atoms with van der Waals surface area (Å²) in [6.45, 7) is 0. The second-order valence-electron chi connectivity index (χ2n) is 6.58. The summed E-state index contributed by atoms with van der Waals surface area (Å²) < 4.78 is 42.8. The minimum Gasteiger partial charge on any atom is -0.495 e. The van der Waals surface area contributed by atoms with Crippen LogP contribution in [-0.2, 0) is 15.6 Å². The van der Waals surface area contributed by atoms with E-state index >= 15 is 0 Å². The lowest BCUT2D eigenvalue weighted by atomic mass is 10.1. The monoisotopic (exact) mass is 406 g/mol. The van der Waals surface area contributed by atoms with Gasteiger partial charge in [0.15, 0.2) is 15.0 Å². The van der Waals surface area contributed by atoms with Gasteiger partial charge in [-0.15, -0.1) is 0 Å². The van der Waals surface area contributed by atoms with Crippen LogP contribution in [0.1, 0.15) is 5.56 Å². The number of sulfone groups is 1. The molecule has 0 saturated carbocycles. The third-order valence-electron chi connectivity index (χ3n) is 4.73. The molecule has 4 rings (SSSR count). The molecule has 5 nitrogen and oxygen atoms in total. The Balaban J connectivity index is 1.64. The van der Waals surface area contributed by atoms with Crippen LogP contribution in [0.4, 0.5) is 10.1 Å². The van der Waals surface area contributed by atoms with Crippen LogP contribution >= 0.6 is 11.8 Å². The molecule has 8 heteroatoms. The van der Waals surface area contributed by atoms with Gasteiger partial charge in [-0.2, -0.15) is 0 Å². The molecule has 0 aromatic heterocycles. The predicted molar refractivity (Wildman–Crippen MR) is 107 cm³/mol. The van der Waals surface area contributed by atoms with E-state index in [2.05, 4.69) is 0 Å². The van der Waals surface area contributed by atoms with Crippen LogP contribution < -0.4 is 9.64 Å². The van der Waals surface area contributed by atoms with Gasteiger partial charge in [-0.1, -0.05) is 36.0 Å². The molecule has 0 amide bonds. The van der Waals surface area contributed by atoms with Crippen LogP contribution in [0.3, 0.4) is 0 Å². The van der Waals surface area contributed by atoms with Crippen molar-refractivity contribution in [3.8, 4) is 5.75 Å². The van der Waals surface area contributed by atoms with Gasteiger partial charge in [-0.25, -0.2) is 12.8 Å². The molecule has 2 aliphatic heterocycles. The molecule has 1 saturated heterocycles. The van der Waals surface area contributed by atoms with Gasteiger partial charge < -0.3 is 9.64 Å². The van der Waals surface area contributed by atoms with E-state index in [-0.39, 0.29) is 29.4 Å². The topological polar surface area (TPSA) is 59.0 Å². The molecular weight excluding hydrogens is 387 g/mol. The lowest BCUT2D eigenvalue weighted by Crippen LogP contribution is -2.39. The predicted octanol–water partition coefficient (Wildman–Crippen LogP) is 3.11. The number of thioether (sulfide) groups is 1. The number of fused-ring (bicyclic) bond motifs is 1. The van der Waals surface area contributed by atoms with E-state index in [0.29, 0.717) is 11.5 Å². The van der Waals surface area contributed by atoms with Crippen molar-refractivity contribution in [2.45, 2.75) is 17.8 Å². The first-order valence-electron chi connectivity index (χ1n) is 8.54. The minimum atomic E-state index is -3.10. The first-order chi connectivity index (χ1) is 13.0. The lowest BCUT2D eigenvalue weighted by molar-refractivity contribution is 0.415. The molecule has 1 fully saturated rings. The molecule has 27 heavy (non-hydrogen) atoms. The Morgan fingerprint density at radius 3 is 2.67 bits per heavy atom. The standard InChI is InChI=1S/C19H19FN2O3S2/c1-25-18-5-3-2-4-16(18)22-17-12-27(23,24)11-15(17)21-19(22)26-10-13-6-8-14(20)9-7-13/h2-9,15,17H,10-12H2,1H3/t15-,17+/m0/s1. The Morgan fingerprint density at radius 1 is 1.19 bits per heavy atom. The van der Waals surface area contributed by atoms with Crippen LogP contribution in [-0.4, -0.2) is 44.3 Å². The highest BCUT2D eigenvalue weighted by Crippen LogP contribution is 2.39. The number of nitrogens with zero attached hydrogens (tertiary/aromatic N) is 2. The van der Waals surface area contributed by atoms with E-state index in [1.54, 1.807) is 19.2 Å². The van der Waals surface area contributed by atoms with Gasteiger partial charge in [0.1, 0.15) is 11.6 Å². The highest BCUT2D eigenvalue weighted by molar-refractivity contribution is 8.13. The quantitative estimate of drug-likeness (QED) is 0.781. The van der Waals surface area contributed by atoms with Gasteiger partial charge in [-0.05, 0) is 29.8 Å². The van der Waals surface area contributed by atoms with Gasteiger partial charge in [-0.3, -0.25) is 4.99 Å². The van der Waals surface area contributed by atoms with E-state index in [1.807, 2.05) is 29.2 Å². The first kappa shape index (κ1) is 18.3. The summed E-state index contributed by atoms with van der Waals surface area (Å²) >= 11 is 1.53. The van der Waals surface area contributed by atoms with Gasteiger partial charge in [0, 0.05) is 5.75 Å². The normalized spacial score (nSPS) is 23.2. The number of benzene rings is 2. The largest absolute Gasteiger partial charge is 0.495 e. The van der Waals surface area contributed by atoms with E-state index in [1.165, 1.54) is 23.9 Å². The maximum Gasteiger partial charge on any atom is 0.164 e. The average Bonchev–Trinajstić information content (AvgIpc) is 3.12. The van der Waals surface area contributed by atoms with Crippen molar-refractivity contribution in [3.05, 3.63) is 59.9 Å². The number of anilines is 1.